The van der Waals surface area contributed by atoms with Gasteiger partial charge in [0.2, 0.25) is 0 Å². The van der Waals surface area contributed by atoms with Gasteiger partial charge in [-0.1, -0.05) is 17.7 Å². The molecule has 8 nitrogen and oxygen atoms in total. The van der Waals surface area contributed by atoms with E-state index in [-0.39, 0.29) is 25.5 Å². The number of carbonyl (C=O) groups excluding carboxylic acids is 1. The Hall–Kier alpha value is -2.72. The Morgan fingerprint density at radius 3 is 3.00 bits per heavy atom. The van der Waals surface area contributed by atoms with Crippen molar-refractivity contribution in [1.29, 1.82) is 0 Å². The fraction of sp³-hybridized carbons (Fsp3) is 0.333. The number of ether oxygens (including phenoxy) is 3. The lowest BCUT2D eigenvalue weighted by atomic mass is 10.0. The molecule has 2 aliphatic rings. The van der Waals surface area contributed by atoms with Gasteiger partial charge in [-0.2, -0.15) is 13.5 Å². The number of hydrogen-bond acceptors (Lipinski definition) is 6. The third kappa shape index (κ3) is 4.88. The molecular formula is C24H27ClN4O4S. The number of carbonyl (C=O) groups is 1. The number of amides is 1. The number of hydrogen-bond donors (Lipinski definition) is 3. The highest BCUT2D eigenvalue weighted by Gasteiger charge is 2.28. The number of aromatic nitrogens is 2. The predicted octanol–water partition coefficient (Wildman–Crippen LogP) is 3.98. The van der Waals surface area contributed by atoms with E-state index in [0.29, 0.717) is 61.4 Å². The summed E-state index contributed by atoms with van der Waals surface area (Å²) in [6.45, 7) is 4.52. The Kier molecular flexibility index (Phi) is 7.67. The van der Waals surface area contributed by atoms with Gasteiger partial charge >= 0.3 is 0 Å². The normalized spacial score (nSPS) is 17.4. The quantitative estimate of drug-likeness (QED) is 0.472. The molecule has 0 unspecified atom stereocenters. The Morgan fingerprint density at radius 2 is 2.18 bits per heavy atom. The van der Waals surface area contributed by atoms with E-state index < -0.39 is 0 Å². The van der Waals surface area contributed by atoms with Gasteiger partial charge in [-0.3, -0.25) is 9.78 Å². The monoisotopic (exact) mass is 502 g/mol. The van der Waals surface area contributed by atoms with Crippen molar-refractivity contribution in [2.24, 2.45) is 0 Å². The van der Waals surface area contributed by atoms with Crippen LogP contribution in [0.25, 0.3) is 11.3 Å². The van der Waals surface area contributed by atoms with Crippen molar-refractivity contribution < 1.29 is 19.0 Å². The van der Waals surface area contributed by atoms with Gasteiger partial charge < -0.3 is 29.8 Å². The second-order valence-electron chi connectivity index (χ2n) is 8.02. The molecular weight excluding hydrogens is 476 g/mol. The highest BCUT2D eigenvalue weighted by molar-refractivity contribution is 7.59. The molecule has 4 heterocycles. The summed E-state index contributed by atoms with van der Waals surface area (Å²) in [6.07, 6.45) is 3.95. The van der Waals surface area contributed by atoms with E-state index in [9.17, 15) is 4.79 Å². The van der Waals surface area contributed by atoms with Gasteiger partial charge in [-0.05, 0) is 30.7 Å². The minimum atomic E-state index is -0.138. The van der Waals surface area contributed by atoms with Gasteiger partial charge in [0.05, 0.1) is 43.0 Å². The highest BCUT2D eigenvalue weighted by atomic mass is 35.5. The number of pyridine rings is 1. The first kappa shape index (κ1) is 24.4. The first-order valence-electron chi connectivity index (χ1n) is 10.9. The largest absolute Gasteiger partial charge is 0.488 e. The van der Waals surface area contributed by atoms with Gasteiger partial charge in [0.25, 0.3) is 5.91 Å². The summed E-state index contributed by atoms with van der Waals surface area (Å²) in [7, 11) is 0. The second kappa shape index (κ2) is 10.7. The molecule has 10 heteroatoms. The summed E-state index contributed by atoms with van der Waals surface area (Å²) in [5, 5.41) is 7.04. The lowest BCUT2D eigenvalue weighted by Crippen LogP contribution is -2.33. The summed E-state index contributed by atoms with van der Waals surface area (Å²) in [4.78, 5) is 20.5. The fourth-order valence-corrected chi connectivity index (χ4v) is 4.28. The van der Waals surface area contributed by atoms with Crippen LogP contribution in [0.4, 0.5) is 11.4 Å². The molecule has 2 aromatic heterocycles. The van der Waals surface area contributed by atoms with Crippen molar-refractivity contribution in [3.63, 3.8) is 0 Å². The molecule has 3 aromatic rings. The van der Waals surface area contributed by atoms with Crippen LogP contribution in [0.3, 0.4) is 0 Å². The van der Waals surface area contributed by atoms with Crippen molar-refractivity contribution in [2.45, 2.75) is 19.4 Å². The van der Waals surface area contributed by atoms with Gasteiger partial charge in [-0.15, -0.1) is 0 Å². The van der Waals surface area contributed by atoms with Crippen LogP contribution < -0.4 is 15.4 Å². The van der Waals surface area contributed by atoms with Gasteiger partial charge in [-0.25, -0.2) is 0 Å². The summed E-state index contributed by atoms with van der Waals surface area (Å²) in [5.41, 5.74) is 5.44. The Morgan fingerprint density at radius 1 is 1.29 bits per heavy atom. The maximum Gasteiger partial charge on any atom is 0.255 e. The first-order chi connectivity index (χ1) is 16.1. The molecule has 1 atom stereocenters. The number of anilines is 2. The zero-order valence-corrected chi connectivity index (χ0v) is 20.5. The Balaban J connectivity index is 0.00000274. The molecule has 1 amide bonds. The molecule has 0 bridgehead atoms. The van der Waals surface area contributed by atoms with Gasteiger partial charge in [0.1, 0.15) is 18.5 Å². The average Bonchev–Trinajstić information content (AvgIpc) is 3.21. The minimum absolute atomic E-state index is 0. The maximum absolute atomic E-state index is 12.8. The average molecular weight is 503 g/mol. The molecule has 1 fully saturated rings. The van der Waals surface area contributed by atoms with Crippen molar-refractivity contribution in [3.05, 3.63) is 58.5 Å². The molecule has 34 heavy (non-hydrogen) atoms. The van der Waals surface area contributed by atoms with E-state index in [1.807, 2.05) is 31.2 Å². The van der Waals surface area contributed by atoms with Crippen molar-refractivity contribution in [3.8, 4) is 17.0 Å². The molecule has 0 spiro atoms. The third-order valence-corrected chi connectivity index (χ3v) is 6.27. The van der Waals surface area contributed by atoms with E-state index in [1.54, 1.807) is 12.4 Å². The second-order valence-corrected chi connectivity index (χ2v) is 8.43. The minimum Gasteiger partial charge on any atom is -0.488 e. The summed E-state index contributed by atoms with van der Waals surface area (Å²) >= 11 is 6.35. The van der Waals surface area contributed by atoms with Crippen LogP contribution in [0.1, 0.15) is 21.6 Å². The highest BCUT2D eigenvalue weighted by Crippen LogP contribution is 2.41. The number of aromatic amines is 1. The van der Waals surface area contributed by atoms with Crippen molar-refractivity contribution in [1.82, 2.24) is 15.3 Å². The predicted molar refractivity (Wildman–Crippen MR) is 136 cm³/mol. The maximum atomic E-state index is 12.8. The lowest BCUT2D eigenvalue weighted by Gasteiger charge is -2.23. The van der Waals surface area contributed by atoms with E-state index in [1.165, 1.54) is 0 Å². The number of H-pyrrole nitrogens is 1. The van der Waals surface area contributed by atoms with E-state index >= 15 is 0 Å². The molecule has 1 saturated heterocycles. The summed E-state index contributed by atoms with van der Waals surface area (Å²) in [6, 6.07) is 7.53. The number of nitrogens with one attached hydrogen (secondary N) is 3. The molecule has 180 valence electrons. The number of benzene rings is 1. The summed E-state index contributed by atoms with van der Waals surface area (Å²) in [5.74, 6) is 0.474. The molecule has 0 aliphatic carbocycles. The van der Waals surface area contributed by atoms with Crippen molar-refractivity contribution in [2.75, 3.05) is 38.3 Å². The van der Waals surface area contributed by atoms with Crippen LogP contribution in [0.5, 0.6) is 5.75 Å². The number of rotatable bonds is 6. The fourth-order valence-electron chi connectivity index (χ4n) is 4.10. The molecule has 2 aliphatic heterocycles. The topological polar surface area (TPSA) is 97.5 Å². The zero-order chi connectivity index (χ0) is 22.8. The van der Waals surface area contributed by atoms with Crippen LogP contribution in [0.15, 0.2) is 36.7 Å². The van der Waals surface area contributed by atoms with E-state index in [0.717, 1.165) is 28.2 Å². The lowest BCUT2D eigenvalue weighted by molar-refractivity contribution is -0.101. The standard InChI is InChI=1S/C24H25ClN4O4.H2S/c1-14-17(25)3-2-4-18(14)28-23-21-19(6-8-27-24(21)30)29-22(23)16-5-7-26-11-20(16)33-13-15-12-31-9-10-32-15;/h2-5,7,11,15,28-29H,6,8-10,12-13H2,1H3,(H,27,30);1H2/t15-;/m1./s1. The third-order valence-electron chi connectivity index (χ3n) is 5.86. The molecule has 5 rings (SSSR count). The molecule has 0 radical (unpaired) electrons. The van der Waals surface area contributed by atoms with Crippen LogP contribution in [-0.4, -0.2) is 55.0 Å². The van der Waals surface area contributed by atoms with Crippen molar-refractivity contribution >= 4 is 42.4 Å². The smallest absolute Gasteiger partial charge is 0.255 e. The van der Waals surface area contributed by atoms with E-state index in [2.05, 4.69) is 20.6 Å². The SMILES string of the molecule is Cc1c(Cl)cccc1Nc1c(-c2ccncc2OC[C@H]2COCCO2)[nH]c2c1C(=O)NCC2.S. The molecule has 0 saturated carbocycles. The number of nitrogens with zero attached hydrogens (tertiary/aromatic N) is 1. The zero-order valence-electron chi connectivity index (χ0n) is 18.7. The van der Waals surface area contributed by atoms with Crippen LogP contribution in [0.2, 0.25) is 5.02 Å². The Labute approximate surface area is 209 Å². The first-order valence-corrected chi connectivity index (χ1v) is 11.3. The van der Waals surface area contributed by atoms with Crippen LogP contribution in [-0.2, 0) is 15.9 Å². The summed E-state index contributed by atoms with van der Waals surface area (Å²) < 4.78 is 17.3. The van der Waals surface area contributed by atoms with Gasteiger partial charge in [0, 0.05) is 41.1 Å². The Bertz CT molecular complexity index is 1180. The van der Waals surface area contributed by atoms with E-state index in [4.69, 9.17) is 25.8 Å². The van der Waals surface area contributed by atoms with Crippen LogP contribution in [0, 0.1) is 6.92 Å². The molecule has 1 aromatic carbocycles. The number of fused-ring (bicyclic) bond motifs is 1. The van der Waals surface area contributed by atoms with Gasteiger partial charge in [0.15, 0.2) is 0 Å². The molecule has 3 N–H and O–H groups in total. The number of halogens is 1. The van der Waals surface area contributed by atoms with Crippen LogP contribution >= 0.6 is 25.1 Å².